The molecule has 6 nitrogen and oxygen atoms in total. The summed E-state index contributed by atoms with van der Waals surface area (Å²) in [5.74, 6) is -0.842. The van der Waals surface area contributed by atoms with Gasteiger partial charge in [0.1, 0.15) is 13.2 Å². The van der Waals surface area contributed by atoms with Crippen molar-refractivity contribution in [2.24, 2.45) is 0 Å². The highest BCUT2D eigenvalue weighted by atomic mass is 16.6. The molecule has 0 radical (unpaired) electrons. The highest BCUT2D eigenvalue weighted by Crippen LogP contribution is 2.18. The van der Waals surface area contributed by atoms with Gasteiger partial charge in [0.25, 0.3) is 0 Å². The second-order valence-electron chi connectivity index (χ2n) is 24.5. The highest BCUT2D eigenvalue weighted by molar-refractivity contribution is 5.71. The third-order valence-electron chi connectivity index (χ3n) is 16.3. The monoisotopic (exact) mass is 1150 g/mol. The molecule has 0 aliphatic carbocycles. The number of esters is 3. The van der Waals surface area contributed by atoms with Crippen LogP contribution in [-0.4, -0.2) is 37.2 Å². The molecular weight excluding hydrogens is 1010 g/mol. The Morgan fingerprint density at radius 1 is 0.256 bits per heavy atom. The van der Waals surface area contributed by atoms with Crippen molar-refractivity contribution in [1.82, 2.24) is 0 Å². The topological polar surface area (TPSA) is 78.9 Å². The Bertz CT molecular complexity index is 1460. The lowest BCUT2D eigenvalue weighted by Gasteiger charge is -2.18. The van der Waals surface area contributed by atoms with E-state index in [9.17, 15) is 14.4 Å². The van der Waals surface area contributed by atoms with Crippen LogP contribution in [0.2, 0.25) is 0 Å². The zero-order valence-electron chi connectivity index (χ0n) is 55.0. The molecule has 0 aliphatic heterocycles. The molecule has 0 aromatic carbocycles. The van der Waals surface area contributed by atoms with Gasteiger partial charge in [0.15, 0.2) is 6.10 Å². The van der Waals surface area contributed by atoms with Gasteiger partial charge in [-0.2, -0.15) is 0 Å². The number of carbonyl (C=O) groups excluding carboxylic acids is 3. The third kappa shape index (κ3) is 67.9. The number of ether oxygens (including phenoxy) is 3. The van der Waals surface area contributed by atoms with Gasteiger partial charge in [-0.05, 0) is 83.5 Å². The number of unbranched alkanes of at least 4 members (excludes halogenated alkanes) is 46. The summed E-state index contributed by atoms with van der Waals surface area (Å²) in [7, 11) is 0. The Hall–Kier alpha value is -2.89. The Balaban J connectivity index is 4.24. The quantitative estimate of drug-likeness (QED) is 0.0261. The minimum absolute atomic E-state index is 0.0686. The van der Waals surface area contributed by atoms with Crippen molar-refractivity contribution < 1.29 is 28.6 Å². The summed E-state index contributed by atoms with van der Waals surface area (Å²) >= 11 is 0. The van der Waals surface area contributed by atoms with Crippen molar-refractivity contribution in [3.8, 4) is 0 Å². The lowest BCUT2D eigenvalue weighted by molar-refractivity contribution is -0.167. The van der Waals surface area contributed by atoms with Crippen molar-refractivity contribution in [2.45, 2.75) is 393 Å². The summed E-state index contributed by atoms with van der Waals surface area (Å²) in [6.07, 6.45) is 91.1. The van der Waals surface area contributed by atoms with Crippen LogP contribution < -0.4 is 0 Å². The number of hydrogen-bond donors (Lipinski definition) is 0. The van der Waals surface area contributed by atoms with Crippen LogP contribution in [0.4, 0.5) is 0 Å². The zero-order chi connectivity index (χ0) is 59.2. The molecule has 0 aromatic heterocycles. The van der Waals surface area contributed by atoms with Gasteiger partial charge in [-0.3, -0.25) is 14.4 Å². The second kappa shape index (κ2) is 70.6. The molecule has 6 heteroatoms. The molecule has 0 amide bonds. The van der Waals surface area contributed by atoms with Crippen LogP contribution in [0.25, 0.3) is 0 Å². The molecular formula is C76H138O6. The van der Waals surface area contributed by atoms with Gasteiger partial charge in [0.2, 0.25) is 0 Å². The molecule has 0 aliphatic rings. The summed E-state index contributed by atoms with van der Waals surface area (Å²) < 4.78 is 17.0. The Morgan fingerprint density at radius 3 is 0.756 bits per heavy atom. The van der Waals surface area contributed by atoms with Crippen LogP contribution in [0.3, 0.4) is 0 Å². The fraction of sp³-hybridized carbons (Fsp3) is 0.829. The maximum Gasteiger partial charge on any atom is 0.306 e. The second-order valence-corrected chi connectivity index (χ2v) is 24.5. The first kappa shape index (κ1) is 79.1. The Labute approximate surface area is 510 Å². The first-order valence-corrected chi connectivity index (χ1v) is 36.3. The Morgan fingerprint density at radius 2 is 0.476 bits per heavy atom. The third-order valence-corrected chi connectivity index (χ3v) is 16.3. The standard InChI is InChI=1S/C76H138O6/c1-4-7-10-13-16-19-22-25-28-31-33-34-35-36-37-38-39-40-41-42-44-45-48-51-54-57-60-63-66-69-75(78)81-72-73(71-80-74(77)68-65-62-59-56-53-50-47-30-27-24-21-18-15-12-9-6-3)82-76(79)70-67-64-61-58-55-52-49-46-43-32-29-26-23-20-17-14-11-8-5-2/h7,10,16,19,25-26,28-29,33-34,73H,4-6,8-9,11-15,17-18,20-24,27,30-32,35-72H2,1-3H3/b10-7-,19-16-,28-25-,29-26-,34-33-. The van der Waals surface area contributed by atoms with Crippen LogP contribution >= 0.6 is 0 Å². The molecule has 0 rings (SSSR count). The zero-order valence-corrected chi connectivity index (χ0v) is 55.0. The summed E-state index contributed by atoms with van der Waals surface area (Å²) in [5, 5.41) is 0. The van der Waals surface area contributed by atoms with Crippen molar-refractivity contribution >= 4 is 17.9 Å². The summed E-state index contributed by atoms with van der Waals surface area (Å²) in [5.41, 5.74) is 0. The first-order chi connectivity index (χ1) is 40.5. The molecule has 0 heterocycles. The minimum atomic E-state index is -0.773. The van der Waals surface area contributed by atoms with Crippen molar-refractivity contribution in [1.29, 1.82) is 0 Å². The molecule has 0 fully saturated rings. The summed E-state index contributed by atoms with van der Waals surface area (Å²) in [4.78, 5) is 38.5. The fourth-order valence-electron chi connectivity index (χ4n) is 10.8. The molecule has 0 aromatic rings. The first-order valence-electron chi connectivity index (χ1n) is 36.3. The lowest BCUT2D eigenvalue weighted by atomic mass is 10.0. The number of carbonyl (C=O) groups is 3. The van der Waals surface area contributed by atoms with Crippen molar-refractivity contribution in [2.75, 3.05) is 13.2 Å². The van der Waals surface area contributed by atoms with Crippen molar-refractivity contribution in [3.63, 3.8) is 0 Å². The maximum absolute atomic E-state index is 13.0. The molecule has 478 valence electrons. The van der Waals surface area contributed by atoms with E-state index in [0.29, 0.717) is 19.3 Å². The van der Waals surface area contributed by atoms with E-state index < -0.39 is 6.10 Å². The van der Waals surface area contributed by atoms with Gasteiger partial charge < -0.3 is 14.2 Å². The average Bonchev–Trinajstić information content (AvgIpc) is 3.47. The van der Waals surface area contributed by atoms with E-state index in [1.807, 2.05) is 0 Å². The van der Waals surface area contributed by atoms with Crippen LogP contribution in [-0.2, 0) is 28.6 Å². The number of hydrogen-bond acceptors (Lipinski definition) is 6. The summed E-state index contributed by atoms with van der Waals surface area (Å²) in [6.45, 7) is 6.59. The molecule has 1 unspecified atom stereocenters. The van der Waals surface area contributed by atoms with Crippen LogP contribution in [0, 0.1) is 0 Å². The molecule has 0 saturated heterocycles. The molecule has 1 atom stereocenters. The fourth-order valence-corrected chi connectivity index (χ4v) is 10.8. The molecule has 82 heavy (non-hydrogen) atoms. The van der Waals surface area contributed by atoms with E-state index in [4.69, 9.17) is 14.2 Å². The van der Waals surface area contributed by atoms with Gasteiger partial charge in [0, 0.05) is 19.3 Å². The normalized spacial score (nSPS) is 12.4. The molecule has 0 spiro atoms. The van der Waals surface area contributed by atoms with Crippen LogP contribution in [0.1, 0.15) is 387 Å². The highest BCUT2D eigenvalue weighted by Gasteiger charge is 2.19. The van der Waals surface area contributed by atoms with E-state index in [2.05, 4.69) is 81.5 Å². The van der Waals surface area contributed by atoms with Gasteiger partial charge in [-0.1, -0.05) is 345 Å². The van der Waals surface area contributed by atoms with Crippen LogP contribution in [0.5, 0.6) is 0 Å². The van der Waals surface area contributed by atoms with Gasteiger partial charge in [0.05, 0.1) is 0 Å². The Kier molecular flexibility index (Phi) is 68.1. The minimum Gasteiger partial charge on any atom is -0.462 e. The van der Waals surface area contributed by atoms with E-state index in [1.54, 1.807) is 0 Å². The van der Waals surface area contributed by atoms with E-state index in [0.717, 1.165) is 83.5 Å². The van der Waals surface area contributed by atoms with Crippen LogP contribution in [0.15, 0.2) is 60.8 Å². The lowest BCUT2D eigenvalue weighted by Crippen LogP contribution is -2.30. The number of rotatable bonds is 67. The molecule has 0 bridgehead atoms. The molecule has 0 N–H and O–H groups in total. The summed E-state index contributed by atoms with van der Waals surface area (Å²) in [6, 6.07) is 0. The van der Waals surface area contributed by atoms with E-state index >= 15 is 0 Å². The van der Waals surface area contributed by atoms with Crippen molar-refractivity contribution in [3.05, 3.63) is 60.8 Å². The van der Waals surface area contributed by atoms with E-state index in [1.165, 1.54) is 263 Å². The van der Waals surface area contributed by atoms with Gasteiger partial charge >= 0.3 is 17.9 Å². The SMILES string of the molecule is CC/C=C\C/C=C\C/C=C\C/C=C\CCCCCCCCCCCCCCCCCCC(=O)OCC(COC(=O)CCCCCCCCCCCCCCCCCC)OC(=O)CCCCCCCCCCC/C=C\CCCCCCCC. The predicted octanol–water partition coefficient (Wildman–Crippen LogP) is 25.1. The van der Waals surface area contributed by atoms with E-state index in [-0.39, 0.29) is 31.1 Å². The predicted molar refractivity (Wildman–Crippen MR) is 358 cm³/mol. The largest absolute Gasteiger partial charge is 0.462 e. The average molecular weight is 1150 g/mol. The maximum atomic E-state index is 13.0. The molecule has 0 saturated carbocycles. The smallest absolute Gasteiger partial charge is 0.306 e. The van der Waals surface area contributed by atoms with Gasteiger partial charge in [-0.25, -0.2) is 0 Å². The van der Waals surface area contributed by atoms with Gasteiger partial charge in [-0.15, -0.1) is 0 Å². The number of allylic oxidation sites excluding steroid dienone is 10.